The van der Waals surface area contributed by atoms with Crippen LogP contribution in [0.5, 0.6) is 5.75 Å². The SMILES string of the molecule is COC(=O)CN(Cc1ccc(Cl)cc1)C(=O)C(C)OCc1cccc(OC)c1. The zero-order valence-corrected chi connectivity index (χ0v) is 16.9. The molecule has 150 valence electrons. The Morgan fingerprint density at radius 1 is 1.07 bits per heavy atom. The first-order valence-corrected chi connectivity index (χ1v) is 9.15. The molecular weight excluding hydrogens is 382 g/mol. The van der Waals surface area contributed by atoms with Crippen LogP contribution in [-0.2, 0) is 32.2 Å². The molecule has 0 aliphatic rings. The van der Waals surface area contributed by atoms with Gasteiger partial charge in [-0.2, -0.15) is 0 Å². The molecule has 0 bridgehead atoms. The number of carbonyl (C=O) groups is 2. The molecule has 0 aliphatic carbocycles. The summed E-state index contributed by atoms with van der Waals surface area (Å²) in [6, 6.07) is 14.5. The summed E-state index contributed by atoms with van der Waals surface area (Å²) in [5, 5.41) is 0.601. The lowest BCUT2D eigenvalue weighted by Crippen LogP contribution is -2.41. The van der Waals surface area contributed by atoms with Crippen molar-refractivity contribution in [3.05, 3.63) is 64.7 Å². The molecule has 7 heteroatoms. The molecule has 0 saturated heterocycles. The highest BCUT2D eigenvalue weighted by Gasteiger charge is 2.24. The Labute approximate surface area is 169 Å². The van der Waals surface area contributed by atoms with E-state index in [2.05, 4.69) is 0 Å². The van der Waals surface area contributed by atoms with Gasteiger partial charge < -0.3 is 19.1 Å². The van der Waals surface area contributed by atoms with E-state index in [-0.39, 0.29) is 25.6 Å². The van der Waals surface area contributed by atoms with Gasteiger partial charge in [0.05, 0.1) is 20.8 Å². The number of esters is 1. The van der Waals surface area contributed by atoms with Gasteiger partial charge in [-0.25, -0.2) is 0 Å². The molecule has 2 aromatic rings. The Balaban J connectivity index is 2.04. The van der Waals surface area contributed by atoms with Gasteiger partial charge in [0, 0.05) is 11.6 Å². The quantitative estimate of drug-likeness (QED) is 0.598. The van der Waals surface area contributed by atoms with Gasteiger partial charge in [-0.3, -0.25) is 9.59 Å². The fourth-order valence-electron chi connectivity index (χ4n) is 2.55. The summed E-state index contributed by atoms with van der Waals surface area (Å²) in [6.07, 6.45) is -0.733. The number of hydrogen-bond donors (Lipinski definition) is 0. The van der Waals surface area contributed by atoms with E-state index in [1.54, 1.807) is 26.2 Å². The fourth-order valence-corrected chi connectivity index (χ4v) is 2.68. The van der Waals surface area contributed by atoms with E-state index in [1.807, 2.05) is 36.4 Å². The standard InChI is InChI=1S/C21H24ClNO5/c1-15(28-14-17-5-4-6-19(11-17)26-2)21(25)23(13-20(24)27-3)12-16-7-9-18(22)10-8-16/h4-11,15H,12-14H2,1-3H3. The number of halogens is 1. The van der Waals surface area contributed by atoms with Crippen LogP contribution in [0.4, 0.5) is 0 Å². The van der Waals surface area contributed by atoms with Crippen molar-refractivity contribution < 1.29 is 23.8 Å². The minimum absolute atomic E-state index is 0.162. The number of rotatable bonds is 9. The molecular formula is C21H24ClNO5. The monoisotopic (exact) mass is 405 g/mol. The van der Waals surface area contributed by atoms with Crippen molar-refractivity contribution >= 4 is 23.5 Å². The molecule has 2 rings (SSSR count). The van der Waals surface area contributed by atoms with Crippen LogP contribution in [-0.4, -0.2) is 43.6 Å². The Morgan fingerprint density at radius 2 is 1.79 bits per heavy atom. The normalized spacial score (nSPS) is 11.6. The third kappa shape index (κ3) is 6.55. The lowest BCUT2D eigenvalue weighted by Gasteiger charge is -2.25. The van der Waals surface area contributed by atoms with Crippen molar-refractivity contribution in [1.29, 1.82) is 0 Å². The van der Waals surface area contributed by atoms with E-state index < -0.39 is 12.1 Å². The van der Waals surface area contributed by atoms with Crippen LogP contribution < -0.4 is 4.74 Å². The van der Waals surface area contributed by atoms with Gasteiger partial charge >= 0.3 is 5.97 Å². The van der Waals surface area contributed by atoms with Gasteiger partial charge in [0.2, 0.25) is 0 Å². The van der Waals surface area contributed by atoms with Gasteiger partial charge in [0.1, 0.15) is 18.4 Å². The highest BCUT2D eigenvalue weighted by atomic mass is 35.5. The maximum absolute atomic E-state index is 12.9. The van der Waals surface area contributed by atoms with Crippen LogP contribution >= 0.6 is 11.6 Å². The first kappa shape index (κ1) is 21.7. The van der Waals surface area contributed by atoms with Crippen molar-refractivity contribution in [2.45, 2.75) is 26.2 Å². The molecule has 6 nitrogen and oxygen atoms in total. The minimum atomic E-state index is -0.733. The molecule has 1 amide bonds. The van der Waals surface area contributed by atoms with Crippen molar-refractivity contribution in [2.75, 3.05) is 20.8 Å². The average molecular weight is 406 g/mol. The van der Waals surface area contributed by atoms with E-state index in [1.165, 1.54) is 12.0 Å². The van der Waals surface area contributed by atoms with Crippen LogP contribution in [0.25, 0.3) is 0 Å². The molecule has 1 unspecified atom stereocenters. The average Bonchev–Trinajstić information content (AvgIpc) is 2.72. The highest BCUT2D eigenvalue weighted by molar-refractivity contribution is 6.30. The topological polar surface area (TPSA) is 65.1 Å². The van der Waals surface area contributed by atoms with E-state index >= 15 is 0 Å². The maximum Gasteiger partial charge on any atom is 0.325 e. The summed E-state index contributed by atoms with van der Waals surface area (Å²) in [6.45, 7) is 1.99. The fraction of sp³-hybridized carbons (Fsp3) is 0.333. The minimum Gasteiger partial charge on any atom is -0.497 e. The molecule has 0 spiro atoms. The highest BCUT2D eigenvalue weighted by Crippen LogP contribution is 2.16. The summed E-state index contributed by atoms with van der Waals surface area (Å²) in [7, 11) is 2.88. The van der Waals surface area contributed by atoms with Crippen molar-refractivity contribution in [3.63, 3.8) is 0 Å². The predicted octanol–water partition coefficient (Wildman–Crippen LogP) is 3.46. The Bertz CT molecular complexity index is 794. The third-order valence-corrected chi connectivity index (χ3v) is 4.38. The second kappa shape index (κ2) is 10.7. The number of benzene rings is 2. The Hall–Kier alpha value is -2.57. The van der Waals surface area contributed by atoms with Gasteiger partial charge in [-0.15, -0.1) is 0 Å². The van der Waals surface area contributed by atoms with Gasteiger partial charge in [-0.05, 0) is 42.3 Å². The van der Waals surface area contributed by atoms with E-state index in [4.69, 9.17) is 25.8 Å². The Morgan fingerprint density at radius 3 is 2.43 bits per heavy atom. The molecule has 0 radical (unpaired) electrons. The molecule has 2 aromatic carbocycles. The van der Waals surface area contributed by atoms with Crippen LogP contribution in [0.2, 0.25) is 5.02 Å². The number of nitrogens with zero attached hydrogens (tertiary/aromatic N) is 1. The van der Waals surface area contributed by atoms with Gasteiger partial charge in [-0.1, -0.05) is 35.9 Å². The van der Waals surface area contributed by atoms with Crippen LogP contribution in [0, 0.1) is 0 Å². The zero-order valence-electron chi connectivity index (χ0n) is 16.2. The van der Waals surface area contributed by atoms with Crippen molar-refractivity contribution in [3.8, 4) is 5.75 Å². The predicted molar refractivity (Wildman–Crippen MR) is 106 cm³/mol. The maximum atomic E-state index is 12.9. The molecule has 0 N–H and O–H groups in total. The third-order valence-electron chi connectivity index (χ3n) is 4.13. The molecule has 0 fully saturated rings. The zero-order chi connectivity index (χ0) is 20.5. The summed E-state index contributed by atoms with van der Waals surface area (Å²) >= 11 is 5.91. The first-order valence-electron chi connectivity index (χ1n) is 8.77. The van der Waals surface area contributed by atoms with Crippen molar-refractivity contribution in [1.82, 2.24) is 4.90 Å². The summed E-state index contributed by atoms with van der Waals surface area (Å²) in [5.74, 6) is -0.0827. The summed E-state index contributed by atoms with van der Waals surface area (Å²) in [5.41, 5.74) is 1.73. The number of hydrogen-bond acceptors (Lipinski definition) is 5. The van der Waals surface area contributed by atoms with E-state index in [0.717, 1.165) is 16.9 Å². The number of methoxy groups -OCH3 is 2. The summed E-state index contributed by atoms with van der Waals surface area (Å²) < 4.78 is 15.6. The smallest absolute Gasteiger partial charge is 0.325 e. The molecule has 0 heterocycles. The number of carbonyl (C=O) groups excluding carboxylic acids is 2. The molecule has 0 aliphatic heterocycles. The van der Waals surface area contributed by atoms with Gasteiger partial charge in [0.15, 0.2) is 0 Å². The molecule has 0 aromatic heterocycles. The van der Waals surface area contributed by atoms with Crippen LogP contribution in [0.3, 0.4) is 0 Å². The van der Waals surface area contributed by atoms with Crippen LogP contribution in [0.1, 0.15) is 18.1 Å². The van der Waals surface area contributed by atoms with E-state index in [0.29, 0.717) is 5.02 Å². The lowest BCUT2D eigenvalue weighted by molar-refractivity contribution is -0.152. The lowest BCUT2D eigenvalue weighted by atomic mass is 10.2. The second-order valence-corrected chi connectivity index (χ2v) is 6.64. The number of amides is 1. The largest absolute Gasteiger partial charge is 0.497 e. The van der Waals surface area contributed by atoms with E-state index in [9.17, 15) is 9.59 Å². The summed E-state index contributed by atoms with van der Waals surface area (Å²) in [4.78, 5) is 26.0. The van der Waals surface area contributed by atoms with Gasteiger partial charge in [0.25, 0.3) is 5.91 Å². The van der Waals surface area contributed by atoms with Crippen molar-refractivity contribution in [2.24, 2.45) is 0 Å². The van der Waals surface area contributed by atoms with Crippen LogP contribution in [0.15, 0.2) is 48.5 Å². The molecule has 0 saturated carbocycles. The molecule has 28 heavy (non-hydrogen) atoms. The first-order chi connectivity index (χ1) is 13.4. The number of ether oxygens (including phenoxy) is 3. The Kier molecular flexibility index (Phi) is 8.29. The second-order valence-electron chi connectivity index (χ2n) is 6.20. The molecule has 1 atom stereocenters.